The second-order valence-electron chi connectivity index (χ2n) is 5.57. The molecule has 2 aliphatic rings. The number of amides is 2. The predicted molar refractivity (Wildman–Crippen MR) is 83.5 cm³/mol. The van der Waals surface area contributed by atoms with Gasteiger partial charge in [-0.25, -0.2) is 0 Å². The van der Waals surface area contributed by atoms with E-state index >= 15 is 0 Å². The summed E-state index contributed by atoms with van der Waals surface area (Å²) in [6.07, 6.45) is 7.71. The van der Waals surface area contributed by atoms with Gasteiger partial charge in [0.2, 0.25) is 0 Å². The first-order chi connectivity index (χ1) is 10.7. The predicted octanol–water partition coefficient (Wildman–Crippen LogP) is 3.31. The molecule has 0 bridgehead atoms. The van der Waals surface area contributed by atoms with E-state index in [-0.39, 0.29) is 11.8 Å². The van der Waals surface area contributed by atoms with E-state index in [2.05, 4.69) is 6.08 Å². The Bertz CT molecular complexity index is 638. The van der Waals surface area contributed by atoms with E-state index in [1.807, 2.05) is 6.08 Å². The SMILES string of the molecule is COC1=CC=C(CCCN2C(=O)c3ccccc3C2=O)CC1. The summed E-state index contributed by atoms with van der Waals surface area (Å²) in [4.78, 5) is 25.8. The van der Waals surface area contributed by atoms with Gasteiger partial charge >= 0.3 is 0 Å². The van der Waals surface area contributed by atoms with E-state index < -0.39 is 0 Å². The number of carbonyl (C=O) groups is 2. The summed E-state index contributed by atoms with van der Waals surface area (Å²) in [6.45, 7) is 0.477. The first-order valence-electron chi connectivity index (χ1n) is 7.58. The lowest BCUT2D eigenvalue weighted by Crippen LogP contribution is -2.30. The van der Waals surface area contributed by atoms with Crippen molar-refractivity contribution in [3.63, 3.8) is 0 Å². The molecular weight excluding hydrogens is 278 g/mol. The summed E-state index contributed by atoms with van der Waals surface area (Å²) >= 11 is 0. The van der Waals surface area contributed by atoms with Crippen LogP contribution in [0.4, 0.5) is 0 Å². The summed E-state index contributed by atoms with van der Waals surface area (Å²) in [5, 5.41) is 0. The van der Waals surface area contributed by atoms with Gasteiger partial charge in [-0.05, 0) is 37.5 Å². The van der Waals surface area contributed by atoms with Crippen LogP contribution in [-0.2, 0) is 4.74 Å². The molecule has 0 N–H and O–H groups in total. The van der Waals surface area contributed by atoms with Crippen LogP contribution < -0.4 is 0 Å². The molecule has 22 heavy (non-hydrogen) atoms. The summed E-state index contributed by atoms with van der Waals surface area (Å²) in [5.41, 5.74) is 2.39. The third kappa shape index (κ3) is 2.69. The number of hydrogen-bond donors (Lipinski definition) is 0. The Morgan fingerprint density at radius 1 is 1.05 bits per heavy atom. The number of carbonyl (C=O) groups excluding carboxylic acids is 2. The second kappa shape index (κ2) is 6.18. The molecule has 1 aliphatic carbocycles. The van der Waals surface area contributed by atoms with Crippen LogP contribution in [0.1, 0.15) is 46.4 Å². The normalized spacial score (nSPS) is 17.2. The van der Waals surface area contributed by atoms with E-state index in [1.54, 1.807) is 31.4 Å². The number of benzene rings is 1. The van der Waals surface area contributed by atoms with E-state index in [9.17, 15) is 9.59 Å². The number of hydrogen-bond acceptors (Lipinski definition) is 3. The van der Waals surface area contributed by atoms with Crippen molar-refractivity contribution >= 4 is 11.8 Å². The Kier molecular flexibility index (Phi) is 4.09. The molecule has 0 saturated heterocycles. The first-order valence-corrected chi connectivity index (χ1v) is 7.58. The third-order valence-electron chi connectivity index (χ3n) is 4.22. The Labute approximate surface area is 130 Å². The highest BCUT2D eigenvalue weighted by Gasteiger charge is 2.34. The van der Waals surface area contributed by atoms with Crippen molar-refractivity contribution in [2.24, 2.45) is 0 Å². The highest BCUT2D eigenvalue weighted by molar-refractivity contribution is 6.21. The standard InChI is InChI=1S/C18H19NO3/c1-22-14-10-8-13(9-11-14)5-4-12-19-17(20)15-6-2-3-7-16(15)18(19)21/h2-3,6-8,10H,4-5,9,11-12H2,1H3. The fourth-order valence-electron chi connectivity index (χ4n) is 2.95. The van der Waals surface area contributed by atoms with Gasteiger partial charge < -0.3 is 4.74 Å². The van der Waals surface area contributed by atoms with Gasteiger partial charge in [-0.2, -0.15) is 0 Å². The number of rotatable bonds is 5. The Balaban J connectivity index is 1.58. The Morgan fingerprint density at radius 2 is 1.73 bits per heavy atom. The molecule has 1 aromatic rings. The second-order valence-corrected chi connectivity index (χ2v) is 5.57. The number of allylic oxidation sites excluding steroid dienone is 4. The van der Waals surface area contributed by atoms with Crippen molar-refractivity contribution in [2.45, 2.75) is 25.7 Å². The molecule has 4 nitrogen and oxygen atoms in total. The van der Waals surface area contributed by atoms with Gasteiger partial charge in [0.25, 0.3) is 11.8 Å². The first kappa shape index (κ1) is 14.6. The van der Waals surface area contributed by atoms with Gasteiger partial charge in [-0.15, -0.1) is 0 Å². The van der Waals surface area contributed by atoms with Crippen molar-refractivity contribution in [3.8, 4) is 0 Å². The maximum absolute atomic E-state index is 12.2. The van der Waals surface area contributed by atoms with Crippen LogP contribution >= 0.6 is 0 Å². The van der Waals surface area contributed by atoms with E-state index in [0.29, 0.717) is 17.7 Å². The molecule has 4 heteroatoms. The number of nitrogens with zero attached hydrogens (tertiary/aromatic N) is 1. The average Bonchev–Trinajstić information content (AvgIpc) is 2.81. The maximum Gasteiger partial charge on any atom is 0.261 e. The zero-order valence-corrected chi connectivity index (χ0v) is 12.7. The molecule has 0 radical (unpaired) electrons. The molecule has 1 aliphatic heterocycles. The van der Waals surface area contributed by atoms with Gasteiger partial charge in [0.05, 0.1) is 24.0 Å². The fourth-order valence-corrected chi connectivity index (χ4v) is 2.95. The van der Waals surface area contributed by atoms with Crippen LogP contribution in [-0.4, -0.2) is 30.4 Å². The monoisotopic (exact) mass is 297 g/mol. The Morgan fingerprint density at radius 3 is 2.27 bits per heavy atom. The van der Waals surface area contributed by atoms with Crippen LogP contribution in [0.3, 0.4) is 0 Å². The molecule has 0 unspecified atom stereocenters. The van der Waals surface area contributed by atoms with Gasteiger partial charge in [-0.1, -0.05) is 23.8 Å². The summed E-state index contributed by atoms with van der Waals surface area (Å²) < 4.78 is 5.21. The lowest BCUT2D eigenvalue weighted by Gasteiger charge is -2.16. The van der Waals surface area contributed by atoms with Crippen molar-refractivity contribution in [1.82, 2.24) is 4.90 Å². The molecule has 114 valence electrons. The molecule has 0 saturated carbocycles. The van der Waals surface area contributed by atoms with Crippen LogP contribution in [0.2, 0.25) is 0 Å². The number of methoxy groups -OCH3 is 1. The third-order valence-corrected chi connectivity index (χ3v) is 4.22. The maximum atomic E-state index is 12.2. The highest BCUT2D eigenvalue weighted by Crippen LogP contribution is 2.25. The van der Waals surface area contributed by atoms with Gasteiger partial charge in [0.15, 0.2) is 0 Å². The van der Waals surface area contributed by atoms with Crippen LogP contribution in [0.25, 0.3) is 0 Å². The summed E-state index contributed by atoms with van der Waals surface area (Å²) in [7, 11) is 1.69. The lowest BCUT2D eigenvalue weighted by molar-refractivity contribution is 0.0652. The van der Waals surface area contributed by atoms with Crippen molar-refractivity contribution < 1.29 is 14.3 Å². The molecule has 1 heterocycles. The van der Waals surface area contributed by atoms with Gasteiger partial charge in [0, 0.05) is 13.0 Å². The van der Waals surface area contributed by atoms with Gasteiger partial charge in [-0.3, -0.25) is 14.5 Å². The topological polar surface area (TPSA) is 46.6 Å². The molecular formula is C18H19NO3. The van der Waals surface area contributed by atoms with Crippen molar-refractivity contribution in [1.29, 1.82) is 0 Å². The van der Waals surface area contributed by atoms with E-state index in [0.717, 1.165) is 31.4 Å². The zero-order valence-electron chi connectivity index (χ0n) is 12.7. The molecule has 2 amide bonds. The van der Waals surface area contributed by atoms with Crippen LogP contribution in [0.15, 0.2) is 47.7 Å². The Hall–Kier alpha value is -2.36. The average molecular weight is 297 g/mol. The number of fused-ring (bicyclic) bond motifs is 1. The number of imide groups is 1. The smallest absolute Gasteiger partial charge is 0.261 e. The van der Waals surface area contributed by atoms with Gasteiger partial charge in [0.1, 0.15) is 0 Å². The lowest BCUT2D eigenvalue weighted by atomic mass is 9.99. The summed E-state index contributed by atoms with van der Waals surface area (Å²) in [5.74, 6) is 0.670. The molecule has 0 atom stereocenters. The fraction of sp³-hybridized carbons (Fsp3) is 0.333. The molecule has 3 rings (SSSR count). The van der Waals surface area contributed by atoms with Crippen LogP contribution in [0, 0.1) is 0 Å². The minimum atomic E-state index is -0.167. The molecule has 1 aromatic carbocycles. The van der Waals surface area contributed by atoms with Crippen molar-refractivity contribution in [3.05, 3.63) is 58.9 Å². The summed E-state index contributed by atoms with van der Waals surface area (Å²) in [6, 6.07) is 7.02. The van der Waals surface area contributed by atoms with Crippen molar-refractivity contribution in [2.75, 3.05) is 13.7 Å². The van der Waals surface area contributed by atoms with E-state index in [1.165, 1.54) is 10.5 Å². The minimum Gasteiger partial charge on any atom is -0.501 e. The number of ether oxygens (including phenoxy) is 1. The molecule has 0 aromatic heterocycles. The molecule has 0 spiro atoms. The highest BCUT2D eigenvalue weighted by atomic mass is 16.5. The van der Waals surface area contributed by atoms with E-state index in [4.69, 9.17) is 4.74 Å². The quantitative estimate of drug-likeness (QED) is 0.783. The zero-order chi connectivity index (χ0) is 15.5. The van der Waals surface area contributed by atoms with Crippen LogP contribution in [0.5, 0.6) is 0 Å². The largest absolute Gasteiger partial charge is 0.501 e. The minimum absolute atomic E-state index is 0.167. The molecule has 0 fully saturated rings.